The standard InChI is InChI=1S/C14H22ClN/c1-11(2)10-12(8-9-16-3)13-6-4-5-7-14(13)15/h4-7,11-12,16H,8-10H2,1-3H3. The quantitative estimate of drug-likeness (QED) is 0.789. The molecular weight excluding hydrogens is 218 g/mol. The van der Waals surface area contributed by atoms with E-state index in [9.17, 15) is 0 Å². The molecule has 0 spiro atoms. The summed E-state index contributed by atoms with van der Waals surface area (Å²) in [6.45, 7) is 5.58. The van der Waals surface area contributed by atoms with E-state index in [0.717, 1.165) is 18.0 Å². The minimum atomic E-state index is 0.571. The van der Waals surface area contributed by atoms with Crippen LogP contribution in [0.4, 0.5) is 0 Å². The average Bonchev–Trinajstić information content (AvgIpc) is 2.24. The van der Waals surface area contributed by atoms with Gasteiger partial charge >= 0.3 is 0 Å². The second-order valence-electron chi connectivity index (χ2n) is 4.74. The van der Waals surface area contributed by atoms with Crippen LogP contribution in [0, 0.1) is 5.92 Å². The number of hydrogen-bond donors (Lipinski definition) is 1. The van der Waals surface area contributed by atoms with Gasteiger partial charge in [0.05, 0.1) is 0 Å². The van der Waals surface area contributed by atoms with E-state index in [1.807, 2.05) is 19.2 Å². The van der Waals surface area contributed by atoms with Gasteiger partial charge in [0.2, 0.25) is 0 Å². The lowest BCUT2D eigenvalue weighted by Crippen LogP contribution is -2.14. The smallest absolute Gasteiger partial charge is 0.0440 e. The monoisotopic (exact) mass is 239 g/mol. The van der Waals surface area contributed by atoms with Gasteiger partial charge in [-0.05, 0) is 49.9 Å². The lowest BCUT2D eigenvalue weighted by Gasteiger charge is -2.20. The van der Waals surface area contributed by atoms with Crippen LogP contribution in [0.3, 0.4) is 0 Å². The van der Waals surface area contributed by atoms with Crippen molar-refractivity contribution in [1.82, 2.24) is 5.32 Å². The Morgan fingerprint density at radius 2 is 1.94 bits per heavy atom. The Balaban J connectivity index is 2.78. The minimum absolute atomic E-state index is 0.571. The van der Waals surface area contributed by atoms with Crippen molar-refractivity contribution >= 4 is 11.6 Å². The zero-order valence-electron chi connectivity index (χ0n) is 10.5. The van der Waals surface area contributed by atoms with Crippen molar-refractivity contribution in [2.45, 2.75) is 32.6 Å². The molecule has 1 nitrogen and oxygen atoms in total. The fraction of sp³-hybridized carbons (Fsp3) is 0.571. The molecule has 1 rings (SSSR count). The van der Waals surface area contributed by atoms with E-state index in [0.29, 0.717) is 11.8 Å². The zero-order chi connectivity index (χ0) is 12.0. The molecule has 2 heteroatoms. The highest BCUT2D eigenvalue weighted by Crippen LogP contribution is 2.31. The van der Waals surface area contributed by atoms with Gasteiger partial charge in [-0.3, -0.25) is 0 Å². The highest BCUT2D eigenvalue weighted by molar-refractivity contribution is 6.31. The molecule has 0 aromatic heterocycles. The Morgan fingerprint density at radius 1 is 1.25 bits per heavy atom. The second kappa shape index (κ2) is 6.93. The third-order valence-corrected chi connectivity index (χ3v) is 3.19. The summed E-state index contributed by atoms with van der Waals surface area (Å²) in [4.78, 5) is 0. The Hall–Kier alpha value is -0.530. The molecule has 1 atom stereocenters. The van der Waals surface area contributed by atoms with E-state index in [4.69, 9.17) is 11.6 Å². The van der Waals surface area contributed by atoms with Gasteiger partial charge in [0.15, 0.2) is 0 Å². The van der Waals surface area contributed by atoms with Crippen LogP contribution in [0.15, 0.2) is 24.3 Å². The molecule has 90 valence electrons. The van der Waals surface area contributed by atoms with Crippen LogP contribution in [0.5, 0.6) is 0 Å². The zero-order valence-corrected chi connectivity index (χ0v) is 11.2. The number of halogens is 1. The average molecular weight is 240 g/mol. The topological polar surface area (TPSA) is 12.0 Å². The molecule has 0 saturated carbocycles. The van der Waals surface area contributed by atoms with E-state index < -0.39 is 0 Å². The molecule has 16 heavy (non-hydrogen) atoms. The molecule has 0 saturated heterocycles. The van der Waals surface area contributed by atoms with Gasteiger partial charge < -0.3 is 5.32 Å². The fourth-order valence-corrected chi connectivity index (χ4v) is 2.38. The van der Waals surface area contributed by atoms with Crippen LogP contribution in [0.2, 0.25) is 5.02 Å². The van der Waals surface area contributed by atoms with E-state index in [2.05, 4.69) is 31.3 Å². The Morgan fingerprint density at radius 3 is 2.50 bits per heavy atom. The molecule has 0 bridgehead atoms. The molecule has 1 N–H and O–H groups in total. The summed E-state index contributed by atoms with van der Waals surface area (Å²) < 4.78 is 0. The van der Waals surface area contributed by atoms with Crippen molar-refractivity contribution in [3.8, 4) is 0 Å². The van der Waals surface area contributed by atoms with E-state index in [1.54, 1.807) is 0 Å². The first kappa shape index (κ1) is 13.5. The number of nitrogens with one attached hydrogen (secondary N) is 1. The Labute approximate surface area is 104 Å². The second-order valence-corrected chi connectivity index (χ2v) is 5.15. The molecule has 0 aliphatic rings. The summed E-state index contributed by atoms with van der Waals surface area (Å²) >= 11 is 6.26. The van der Waals surface area contributed by atoms with E-state index >= 15 is 0 Å². The molecule has 0 heterocycles. The van der Waals surface area contributed by atoms with Gasteiger partial charge in [-0.25, -0.2) is 0 Å². The predicted octanol–water partition coefficient (Wildman–Crippen LogP) is 4.08. The van der Waals surface area contributed by atoms with Crippen LogP contribution in [0.1, 0.15) is 38.2 Å². The molecule has 1 aromatic rings. The summed E-state index contributed by atoms with van der Waals surface area (Å²) in [6.07, 6.45) is 2.35. The van der Waals surface area contributed by atoms with Crippen LogP contribution >= 0.6 is 11.6 Å². The van der Waals surface area contributed by atoms with Crippen LogP contribution in [0.25, 0.3) is 0 Å². The van der Waals surface area contributed by atoms with Crippen LogP contribution in [-0.4, -0.2) is 13.6 Å². The van der Waals surface area contributed by atoms with Gasteiger partial charge in [-0.15, -0.1) is 0 Å². The van der Waals surface area contributed by atoms with Gasteiger partial charge in [0.25, 0.3) is 0 Å². The number of hydrogen-bond acceptors (Lipinski definition) is 1. The van der Waals surface area contributed by atoms with Crippen molar-refractivity contribution < 1.29 is 0 Å². The van der Waals surface area contributed by atoms with Gasteiger partial charge in [0.1, 0.15) is 0 Å². The summed E-state index contributed by atoms with van der Waals surface area (Å²) in [5.41, 5.74) is 1.30. The van der Waals surface area contributed by atoms with Crippen molar-refractivity contribution in [3.63, 3.8) is 0 Å². The molecule has 0 radical (unpaired) electrons. The lowest BCUT2D eigenvalue weighted by molar-refractivity contribution is 0.470. The first-order valence-corrected chi connectivity index (χ1v) is 6.42. The van der Waals surface area contributed by atoms with Crippen molar-refractivity contribution in [2.24, 2.45) is 5.92 Å². The van der Waals surface area contributed by atoms with Crippen LogP contribution < -0.4 is 5.32 Å². The largest absolute Gasteiger partial charge is 0.320 e. The molecule has 1 unspecified atom stereocenters. The molecule has 0 aliphatic carbocycles. The number of benzene rings is 1. The van der Waals surface area contributed by atoms with Gasteiger partial charge in [0, 0.05) is 5.02 Å². The third kappa shape index (κ3) is 4.15. The maximum absolute atomic E-state index is 6.26. The van der Waals surface area contributed by atoms with Gasteiger partial charge in [-0.1, -0.05) is 43.6 Å². The van der Waals surface area contributed by atoms with Crippen molar-refractivity contribution in [1.29, 1.82) is 0 Å². The van der Waals surface area contributed by atoms with Crippen molar-refractivity contribution in [3.05, 3.63) is 34.9 Å². The van der Waals surface area contributed by atoms with Crippen LogP contribution in [-0.2, 0) is 0 Å². The van der Waals surface area contributed by atoms with Crippen molar-refractivity contribution in [2.75, 3.05) is 13.6 Å². The summed E-state index contributed by atoms with van der Waals surface area (Å²) in [5, 5.41) is 4.12. The predicted molar refractivity (Wildman–Crippen MR) is 72.2 cm³/mol. The van der Waals surface area contributed by atoms with E-state index in [1.165, 1.54) is 12.0 Å². The highest BCUT2D eigenvalue weighted by atomic mass is 35.5. The normalized spacial score (nSPS) is 13.1. The first-order chi connectivity index (χ1) is 7.65. The van der Waals surface area contributed by atoms with E-state index in [-0.39, 0.29) is 0 Å². The highest BCUT2D eigenvalue weighted by Gasteiger charge is 2.15. The SMILES string of the molecule is CNCCC(CC(C)C)c1ccccc1Cl. The molecule has 0 amide bonds. The molecular formula is C14H22ClN. The summed E-state index contributed by atoms with van der Waals surface area (Å²) in [7, 11) is 2.00. The lowest BCUT2D eigenvalue weighted by atomic mass is 9.88. The summed E-state index contributed by atoms with van der Waals surface area (Å²) in [6, 6.07) is 8.22. The first-order valence-electron chi connectivity index (χ1n) is 6.04. The van der Waals surface area contributed by atoms with Gasteiger partial charge in [-0.2, -0.15) is 0 Å². The third-order valence-electron chi connectivity index (χ3n) is 2.84. The Kier molecular flexibility index (Phi) is 5.86. The number of rotatable bonds is 6. The summed E-state index contributed by atoms with van der Waals surface area (Å²) in [5.74, 6) is 1.28. The minimum Gasteiger partial charge on any atom is -0.320 e. The maximum Gasteiger partial charge on any atom is 0.0440 e. The fourth-order valence-electron chi connectivity index (χ4n) is 2.09. The molecule has 0 aliphatic heterocycles. The molecule has 0 fully saturated rings. The molecule has 1 aromatic carbocycles. The Bertz CT molecular complexity index is 309. The maximum atomic E-state index is 6.26.